The zero-order valence-corrected chi connectivity index (χ0v) is 56.8. The molecule has 0 unspecified atom stereocenters. The molecule has 33 heteroatoms. The third-order valence-corrected chi connectivity index (χ3v) is 17.6. The molecule has 0 saturated carbocycles. The van der Waals surface area contributed by atoms with E-state index in [9.17, 15) is 73.2 Å². The Labute approximate surface area is 583 Å². The van der Waals surface area contributed by atoms with Crippen LogP contribution in [-0.2, 0) is 88.0 Å². The number of fused-ring (bicyclic) bond motifs is 1. The molecular weight excluding hydrogens is 1310 g/mol. The minimum atomic E-state index is -1.93. The number of benzene rings is 3. The van der Waals surface area contributed by atoms with E-state index in [0.29, 0.717) is 23.1 Å². The molecule has 7 rings (SSSR count). The molecule has 0 radical (unpaired) electrons. The molecule has 101 heavy (non-hydrogen) atoms. The molecule has 3 fully saturated rings. The van der Waals surface area contributed by atoms with Crippen molar-refractivity contribution < 1.29 is 82.7 Å². The summed E-state index contributed by atoms with van der Waals surface area (Å²) in [6.07, 6.45) is -10.0. The number of nitrogens with zero attached hydrogens (tertiary/aromatic N) is 4. The molecule has 0 aliphatic carbocycles. The quantitative estimate of drug-likeness (QED) is 0.0374. The number of carbonyl (C=O) groups excluding carboxylic acids is 12. The third-order valence-electron chi connectivity index (χ3n) is 17.6. The number of carbonyl (C=O) groups is 12. The topological polar surface area (TPSA) is 515 Å². The van der Waals surface area contributed by atoms with Gasteiger partial charge >= 0.3 is 0 Å². The second-order valence-corrected chi connectivity index (χ2v) is 26.3. The van der Waals surface area contributed by atoms with Crippen LogP contribution in [0.25, 0.3) is 0 Å². The van der Waals surface area contributed by atoms with Gasteiger partial charge in [-0.1, -0.05) is 124 Å². The summed E-state index contributed by atoms with van der Waals surface area (Å²) in [5, 5.41) is 73.8. The first-order valence-electron chi connectivity index (χ1n) is 33.8. The molecule has 3 aliphatic rings. The SMILES string of the molecule is CC(C)C[C@@H]1NC(=O)[C@H](CCCN)NC(=O)[C@H](C(C)C)NC(=O)[C@H](Cc2cn([C@@H]3O[C@H](CO)[C@@H](O)[C@H](O)[C@H]3O)nn2)NC(=O)[C@H](CCC(N)=O)NC(=O)[C@H](CC(N)=O)NC(=O)[C@@H](Cc2ccccc2)NC(=O)[C@H](Cc2ccccc2)NC(=O)[C@@H]2CCCN2C(=O)[C@@H](Cc2ccccc2)NC1=O. The van der Waals surface area contributed by atoms with Crippen LogP contribution in [-0.4, -0.2) is 216 Å². The molecule has 4 aromatic rings. The summed E-state index contributed by atoms with van der Waals surface area (Å²) < 4.78 is 6.54. The van der Waals surface area contributed by atoms with Crippen LogP contribution in [0.1, 0.15) is 108 Å². The average molecular weight is 1410 g/mol. The number of hydrogen-bond donors (Lipinski definition) is 16. The Morgan fingerprint density at radius 3 is 1.52 bits per heavy atom. The van der Waals surface area contributed by atoms with Crippen molar-refractivity contribution >= 4 is 70.9 Å². The lowest BCUT2D eigenvalue weighted by molar-refractivity contribution is -0.254. The van der Waals surface area contributed by atoms with Gasteiger partial charge in [0.2, 0.25) is 70.9 Å². The Bertz CT molecular complexity index is 3510. The van der Waals surface area contributed by atoms with Gasteiger partial charge in [-0.15, -0.1) is 5.10 Å². The normalized spacial score (nSPS) is 27.5. The summed E-state index contributed by atoms with van der Waals surface area (Å²) in [6, 6.07) is 10.1. The van der Waals surface area contributed by atoms with E-state index in [1.165, 1.54) is 4.90 Å². The number of nitrogens with one attached hydrogen (secondary N) is 9. The van der Waals surface area contributed by atoms with Crippen molar-refractivity contribution in [3.8, 4) is 0 Å². The zero-order valence-electron chi connectivity index (χ0n) is 56.8. The van der Waals surface area contributed by atoms with Crippen LogP contribution >= 0.6 is 0 Å². The first kappa shape index (κ1) is 78.5. The van der Waals surface area contributed by atoms with Crippen LogP contribution in [0, 0.1) is 11.8 Å². The van der Waals surface area contributed by atoms with Crippen molar-refractivity contribution in [1.29, 1.82) is 0 Å². The van der Waals surface area contributed by atoms with Crippen molar-refractivity contribution in [2.75, 3.05) is 19.7 Å². The van der Waals surface area contributed by atoms with Crippen LogP contribution in [0.2, 0.25) is 0 Å². The van der Waals surface area contributed by atoms with Gasteiger partial charge in [-0.2, -0.15) is 0 Å². The van der Waals surface area contributed by atoms with Crippen LogP contribution in [0.4, 0.5) is 0 Å². The Hall–Kier alpha value is -9.80. The molecule has 19 N–H and O–H groups in total. The van der Waals surface area contributed by atoms with Gasteiger partial charge in [-0.05, 0) is 73.6 Å². The van der Waals surface area contributed by atoms with Gasteiger partial charge in [0.15, 0.2) is 6.23 Å². The first-order valence-corrected chi connectivity index (χ1v) is 33.8. The number of primary amides is 2. The second-order valence-electron chi connectivity index (χ2n) is 26.3. The maximum absolute atomic E-state index is 15.2. The van der Waals surface area contributed by atoms with E-state index in [1.807, 2.05) is 0 Å². The summed E-state index contributed by atoms with van der Waals surface area (Å²) in [5.74, 6) is -12.7. The maximum atomic E-state index is 15.2. The van der Waals surface area contributed by atoms with E-state index in [4.69, 9.17) is 21.9 Å². The Kier molecular flexibility index (Phi) is 29.2. The Morgan fingerprint density at radius 1 is 0.545 bits per heavy atom. The van der Waals surface area contributed by atoms with Crippen molar-refractivity contribution in [2.24, 2.45) is 29.0 Å². The van der Waals surface area contributed by atoms with Gasteiger partial charge in [0.1, 0.15) is 84.8 Å². The molecule has 0 bridgehead atoms. The standard InChI is InChI=1S/C68H94N16O17/c1-36(2)28-44-60(93)79-49(31-40-20-12-7-13-21-40)67(100)83-27-15-23-50(83)65(98)78-46(30-39-18-10-6-11-19-39)62(95)75-45(29-38-16-8-5-9-17-38)61(94)77-48(33-53(71)87)63(96)72-43(24-25-52(70)86)59(92)76-47(32-41-34-84(82-81-41)68-57(90)56(89)55(88)51(35-85)101-68)64(97)80-54(37(3)4)66(99)73-42(22-14-26-69)58(91)74-44/h5-13,16-21,34,36-37,42-51,54-57,68,85,88-90H,14-15,22-33,35,69H2,1-4H3,(H2,70,86)(H2,71,87)(H,72,96)(H,73,99)(H,74,91)(H,75,95)(H,76,92)(H,77,94)(H,78,98)(H,79,93)(H,80,97)/t42-,43-,44-,45+,46-,47-,48-,49+,50-,51+,54-,55+,56-,57+,68+/m0/s1. The highest BCUT2D eigenvalue weighted by Crippen LogP contribution is 2.28. The summed E-state index contributed by atoms with van der Waals surface area (Å²) in [5.41, 5.74) is 18.7. The fourth-order valence-corrected chi connectivity index (χ4v) is 12.1. The van der Waals surface area contributed by atoms with Gasteiger partial charge in [0.05, 0.1) is 24.9 Å². The molecule has 12 amide bonds. The van der Waals surface area contributed by atoms with Crippen LogP contribution in [0.5, 0.6) is 0 Å². The molecule has 3 saturated heterocycles. The van der Waals surface area contributed by atoms with Crippen LogP contribution in [0.15, 0.2) is 97.2 Å². The van der Waals surface area contributed by atoms with E-state index >= 15 is 4.79 Å². The fraction of sp³-hybridized carbons (Fsp3) is 0.529. The largest absolute Gasteiger partial charge is 0.394 e. The minimum Gasteiger partial charge on any atom is -0.394 e. The highest BCUT2D eigenvalue weighted by molar-refractivity contribution is 6.01. The predicted molar refractivity (Wildman–Crippen MR) is 360 cm³/mol. The molecule has 3 aliphatic heterocycles. The van der Waals surface area contributed by atoms with E-state index < -0.39 is 200 Å². The summed E-state index contributed by atoms with van der Waals surface area (Å²) in [4.78, 5) is 175. The molecule has 15 atom stereocenters. The van der Waals surface area contributed by atoms with Gasteiger partial charge in [0.25, 0.3) is 0 Å². The smallest absolute Gasteiger partial charge is 0.246 e. The summed E-state index contributed by atoms with van der Waals surface area (Å²) >= 11 is 0. The van der Waals surface area contributed by atoms with Crippen molar-refractivity contribution in [2.45, 2.75) is 196 Å². The van der Waals surface area contributed by atoms with E-state index in [1.54, 1.807) is 119 Å². The Morgan fingerprint density at radius 2 is 1.00 bits per heavy atom. The third kappa shape index (κ3) is 22.6. The average Bonchev–Trinajstić information content (AvgIpc) is 1.71. The molecule has 4 heterocycles. The predicted octanol–water partition coefficient (Wildman–Crippen LogP) is -4.53. The summed E-state index contributed by atoms with van der Waals surface area (Å²) in [7, 11) is 0. The fourth-order valence-electron chi connectivity index (χ4n) is 12.1. The number of aliphatic hydroxyl groups is 4. The van der Waals surface area contributed by atoms with Crippen molar-refractivity contribution in [3.05, 3.63) is 120 Å². The molecule has 0 spiro atoms. The molecular formula is C68H94N16O17. The van der Waals surface area contributed by atoms with Gasteiger partial charge in [-0.25, -0.2) is 4.68 Å². The first-order chi connectivity index (χ1) is 48.1. The zero-order chi connectivity index (χ0) is 73.6. The number of amides is 12. The lowest BCUT2D eigenvalue weighted by atomic mass is 9.98. The van der Waals surface area contributed by atoms with Crippen molar-refractivity contribution in [1.82, 2.24) is 67.7 Å². The Balaban J connectivity index is 1.33. The molecule has 3 aromatic carbocycles. The van der Waals surface area contributed by atoms with Crippen molar-refractivity contribution in [3.63, 3.8) is 0 Å². The van der Waals surface area contributed by atoms with E-state index in [-0.39, 0.29) is 69.6 Å². The monoisotopic (exact) mass is 1410 g/mol. The lowest BCUT2D eigenvalue weighted by Crippen LogP contribution is -2.62. The van der Waals surface area contributed by atoms with Gasteiger partial charge < -0.3 is 95.1 Å². The maximum Gasteiger partial charge on any atom is 0.246 e. The number of hydrogen-bond acceptors (Lipinski definition) is 20. The lowest BCUT2D eigenvalue weighted by Gasteiger charge is -2.39. The van der Waals surface area contributed by atoms with E-state index in [0.717, 1.165) is 10.9 Å². The molecule has 548 valence electrons. The summed E-state index contributed by atoms with van der Waals surface area (Å²) in [6.45, 7) is 5.98. The molecule has 1 aromatic heterocycles. The van der Waals surface area contributed by atoms with Crippen LogP contribution < -0.4 is 65.1 Å². The second kappa shape index (κ2) is 37.6. The van der Waals surface area contributed by atoms with E-state index in [2.05, 4.69) is 58.2 Å². The molecule has 33 nitrogen and oxygen atoms in total. The number of aromatic nitrogens is 3. The number of rotatable bonds is 21. The number of ether oxygens (including phenoxy) is 1. The number of aliphatic hydroxyl groups excluding tert-OH is 4. The number of nitrogens with two attached hydrogens (primary N) is 3. The van der Waals surface area contributed by atoms with Gasteiger partial charge in [-0.3, -0.25) is 57.5 Å². The van der Waals surface area contributed by atoms with Gasteiger partial charge in [0, 0.05) is 38.6 Å². The minimum absolute atomic E-state index is 0.0178. The van der Waals surface area contributed by atoms with Crippen LogP contribution in [0.3, 0.4) is 0 Å². The highest BCUT2D eigenvalue weighted by Gasteiger charge is 2.46. The highest BCUT2D eigenvalue weighted by atomic mass is 16.6.